The number of rotatable bonds is 9. The van der Waals surface area contributed by atoms with Gasteiger partial charge in [-0.25, -0.2) is 0 Å². The van der Waals surface area contributed by atoms with Gasteiger partial charge in [-0.2, -0.15) is 0 Å². The van der Waals surface area contributed by atoms with Crippen LogP contribution in [0.15, 0.2) is 54.6 Å². The van der Waals surface area contributed by atoms with Crippen molar-refractivity contribution in [1.29, 1.82) is 0 Å². The van der Waals surface area contributed by atoms with Gasteiger partial charge >= 0.3 is 0 Å². The van der Waals surface area contributed by atoms with Crippen molar-refractivity contribution in [2.45, 2.75) is 38.3 Å². The quantitative estimate of drug-likeness (QED) is 0.601. The summed E-state index contributed by atoms with van der Waals surface area (Å²) in [5.74, 6) is -1.32. The molecular weight excluding hydrogens is 378 g/mol. The van der Waals surface area contributed by atoms with Crippen LogP contribution < -0.4 is 16.4 Å². The van der Waals surface area contributed by atoms with Gasteiger partial charge in [-0.05, 0) is 24.1 Å². The molecule has 6 nitrogen and oxygen atoms in total. The third kappa shape index (κ3) is 6.70. The monoisotopic (exact) mass is 401 g/mol. The van der Waals surface area contributed by atoms with Gasteiger partial charge in [0.15, 0.2) is 0 Å². The first-order chi connectivity index (χ1) is 13.4. The van der Waals surface area contributed by atoms with Crippen molar-refractivity contribution in [3.05, 3.63) is 70.7 Å². The van der Waals surface area contributed by atoms with Crippen LogP contribution in [0.2, 0.25) is 5.02 Å². The Bertz CT molecular complexity index is 827. The van der Waals surface area contributed by atoms with E-state index in [0.29, 0.717) is 10.6 Å². The number of halogens is 1. The molecule has 2 rings (SSSR count). The highest BCUT2D eigenvalue weighted by Gasteiger charge is 2.20. The second-order valence-corrected chi connectivity index (χ2v) is 6.93. The minimum atomic E-state index is -0.890. The fourth-order valence-corrected chi connectivity index (χ4v) is 2.95. The Labute approximate surface area is 169 Å². The number of carbonyl (C=O) groups is 3. The molecule has 7 heteroatoms. The fourth-order valence-electron chi connectivity index (χ4n) is 2.74. The number of amides is 3. The van der Waals surface area contributed by atoms with Gasteiger partial charge in [-0.3, -0.25) is 14.4 Å². The largest absolute Gasteiger partial charge is 0.368 e. The molecule has 28 heavy (non-hydrogen) atoms. The molecule has 148 valence electrons. The minimum Gasteiger partial charge on any atom is -0.368 e. The third-order valence-corrected chi connectivity index (χ3v) is 4.69. The standard InChI is InChI=1S/C21H24ClN3O3/c1-14(15-7-3-2-4-8-15)24-19(26)11-12-20(27)25-18(21(23)28)13-16-9-5-6-10-17(16)22/h2-10,14,18H,11-13H2,1H3,(H2,23,28)(H,24,26)(H,25,27)/t14-,18-/m1/s1. The van der Waals surface area contributed by atoms with Crippen molar-refractivity contribution < 1.29 is 14.4 Å². The summed E-state index contributed by atoms with van der Waals surface area (Å²) in [6.07, 6.45) is 0.165. The maximum atomic E-state index is 12.2. The molecule has 2 atom stereocenters. The van der Waals surface area contributed by atoms with Crippen LogP contribution in [0, 0.1) is 0 Å². The summed E-state index contributed by atoms with van der Waals surface area (Å²) in [6.45, 7) is 1.88. The maximum absolute atomic E-state index is 12.2. The maximum Gasteiger partial charge on any atom is 0.240 e. The van der Waals surface area contributed by atoms with Crippen LogP contribution in [0.1, 0.15) is 36.9 Å². The average Bonchev–Trinajstić information content (AvgIpc) is 2.68. The molecule has 0 spiro atoms. The third-order valence-electron chi connectivity index (χ3n) is 4.32. The zero-order valence-electron chi connectivity index (χ0n) is 15.7. The van der Waals surface area contributed by atoms with Crippen LogP contribution in [0.25, 0.3) is 0 Å². The zero-order valence-corrected chi connectivity index (χ0v) is 16.4. The predicted octanol–water partition coefficient (Wildman–Crippen LogP) is 2.51. The summed E-state index contributed by atoms with van der Waals surface area (Å²) in [7, 11) is 0. The number of hydrogen-bond donors (Lipinski definition) is 3. The lowest BCUT2D eigenvalue weighted by atomic mass is 10.0. The van der Waals surface area contributed by atoms with Crippen LogP contribution in [-0.2, 0) is 20.8 Å². The highest BCUT2D eigenvalue weighted by Crippen LogP contribution is 2.17. The molecule has 0 unspecified atom stereocenters. The van der Waals surface area contributed by atoms with Crippen molar-refractivity contribution in [1.82, 2.24) is 10.6 Å². The van der Waals surface area contributed by atoms with E-state index in [1.54, 1.807) is 24.3 Å². The van der Waals surface area contributed by atoms with Gasteiger partial charge in [-0.1, -0.05) is 60.1 Å². The SMILES string of the molecule is C[C@@H](NC(=O)CCC(=O)N[C@H](Cc1ccccc1Cl)C(N)=O)c1ccccc1. The van der Waals surface area contributed by atoms with E-state index in [2.05, 4.69) is 10.6 Å². The summed E-state index contributed by atoms with van der Waals surface area (Å²) < 4.78 is 0. The van der Waals surface area contributed by atoms with Gasteiger partial charge in [0.05, 0.1) is 6.04 Å². The molecule has 0 aliphatic rings. The molecule has 2 aromatic carbocycles. The second-order valence-electron chi connectivity index (χ2n) is 6.52. The van der Waals surface area contributed by atoms with Gasteiger partial charge in [0.25, 0.3) is 0 Å². The molecule has 0 saturated carbocycles. The van der Waals surface area contributed by atoms with E-state index in [9.17, 15) is 14.4 Å². The van der Waals surface area contributed by atoms with E-state index in [0.717, 1.165) is 5.56 Å². The predicted molar refractivity (Wildman–Crippen MR) is 109 cm³/mol. The molecule has 0 saturated heterocycles. The number of nitrogens with one attached hydrogen (secondary N) is 2. The number of benzene rings is 2. The van der Waals surface area contributed by atoms with Crippen molar-refractivity contribution in [2.24, 2.45) is 5.73 Å². The Balaban J connectivity index is 1.83. The molecule has 0 aliphatic carbocycles. The smallest absolute Gasteiger partial charge is 0.240 e. The summed E-state index contributed by atoms with van der Waals surface area (Å²) in [6, 6.07) is 15.5. The van der Waals surface area contributed by atoms with Crippen LogP contribution in [-0.4, -0.2) is 23.8 Å². The molecule has 0 aromatic heterocycles. The van der Waals surface area contributed by atoms with Crippen molar-refractivity contribution >= 4 is 29.3 Å². The van der Waals surface area contributed by atoms with E-state index in [1.165, 1.54) is 0 Å². The summed E-state index contributed by atoms with van der Waals surface area (Å²) in [5.41, 5.74) is 7.08. The lowest BCUT2D eigenvalue weighted by molar-refractivity contribution is -0.129. The van der Waals surface area contributed by atoms with Crippen LogP contribution in [0.4, 0.5) is 0 Å². The molecule has 3 amide bonds. The van der Waals surface area contributed by atoms with E-state index < -0.39 is 17.9 Å². The minimum absolute atomic E-state index is 0.0145. The molecule has 0 aliphatic heterocycles. The average molecular weight is 402 g/mol. The number of primary amides is 1. The molecule has 0 heterocycles. The normalized spacial score (nSPS) is 12.6. The van der Waals surface area contributed by atoms with Crippen LogP contribution >= 0.6 is 11.6 Å². The van der Waals surface area contributed by atoms with Gasteiger partial charge in [0, 0.05) is 24.3 Å². The first-order valence-electron chi connectivity index (χ1n) is 9.03. The van der Waals surface area contributed by atoms with Crippen molar-refractivity contribution in [2.75, 3.05) is 0 Å². The highest BCUT2D eigenvalue weighted by atomic mass is 35.5. The molecular formula is C21H24ClN3O3. The second kappa shape index (κ2) is 10.5. The Morgan fingerprint density at radius 2 is 1.50 bits per heavy atom. The van der Waals surface area contributed by atoms with Crippen LogP contribution in [0.3, 0.4) is 0 Å². The topological polar surface area (TPSA) is 101 Å². The highest BCUT2D eigenvalue weighted by molar-refractivity contribution is 6.31. The van der Waals surface area contributed by atoms with Gasteiger partial charge < -0.3 is 16.4 Å². The van der Waals surface area contributed by atoms with Gasteiger partial charge in [-0.15, -0.1) is 0 Å². The fraction of sp³-hybridized carbons (Fsp3) is 0.286. The first-order valence-corrected chi connectivity index (χ1v) is 9.41. The van der Waals surface area contributed by atoms with Gasteiger partial charge in [0.2, 0.25) is 17.7 Å². The molecule has 0 fully saturated rings. The van der Waals surface area contributed by atoms with E-state index in [4.69, 9.17) is 17.3 Å². The van der Waals surface area contributed by atoms with Gasteiger partial charge in [0.1, 0.15) is 6.04 Å². The van der Waals surface area contributed by atoms with E-state index in [1.807, 2.05) is 37.3 Å². The van der Waals surface area contributed by atoms with Crippen molar-refractivity contribution in [3.63, 3.8) is 0 Å². The molecule has 2 aromatic rings. The Morgan fingerprint density at radius 3 is 2.11 bits per heavy atom. The Morgan fingerprint density at radius 1 is 0.929 bits per heavy atom. The summed E-state index contributed by atoms with van der Waals surface area (Å²) in [4.78, 5) is 35.9. The lowest BCUT2D eigenvalue weighted by Gasteiger charge is -2.17. The number of hydrogen-bond acceptors (Lipinski definition) is 3. The molecule has 4 N–H and O–H groups in total. The summed E-state index contributed by atoms with van der Waals surface area (Å²) >= 11 is 6.09. The molecule has 0 radical (unpaired) electrons. The number of nitrogens with two attached hydrogens (primary N) is 1. The Hall–Kier alpha value is -2.86. The van der Waals surface area contributed by atoms with E-state index in [-0.39, 0.29) is 31.2 Å². The zero-order chi connectivity index (χ0) is 20.5. The van der Waals surface area contributed by atoms with E-state index >= 15 is 0 Å². The first kappa shape index (κ1) is 21.4. The lowest BCUT2D eigenvalue weighted by Crippen LogP contribution is -2.46. The van der Waals surface area contributed by atoms with Crippen LogP contribution in [0.5, 0.6) is 0 Å². The molecule has 0 bridgehead atoms. The van der Waals surface area contributed by atoms with Crippen molar-refractivity contribution in [3.8, 4) is 0 Å². The summed E-state index contributed by atoms with van der Waals surface area (Å²) in [5, 5.41) is 5.92. The Kier molecular flexibility index (Phi) is 8.02. The number of carbonyl (C=O) groups excluding carboxylic acids is 3.